The number of carboxylic acid groups (broad SMARTS) is 1. The van der Waals surface area contributed by atoms with Crippen LogP contribution >= 0.6 is 110 Å². The van der Waals surface area contributed by atoms with Gasteiger partial charge in [0.15, 0.2) is 28.9 Å². The summed E-state index contributed by atoms with van der Waals surface area (Å²) < 4.78 is 173. The van der Waals surface area contributed by atoms with Crippen LogP contribution in [0.2, 0.25) is 0 Å². The fraction of sp³-hybridized carbons (Fsp3) is 0.250. The number of hydrogen-bond donors (Lipinski definition) is 7. The number of halogens is 13. The Bertz CT molecular complexity index is 4940. The Morgan fingerprint density at radius 3 is 0.947 bits per heavy atom. The molecular formula is C76H69BrF12N8O9S8. The maximum Gasteiger partial charge on any atom is 0.416 e. The molecule has 0 atom stereocenters. The van der Waals surface area contributed by atoms with E-state index in [1.807, 2.05) is 70.2 Å². The summed E-state index contributed by atoms with van der Waals surface area (Å²) in [5, 5.41) is 57.5. The number of aliphatic hydroxyl groups excluding tert-OH is 1. The van der Waals surface area contributed by atoms with Crippen molar-refractivity contribution in [3.63, 3.8) is 0 Å². The highest BCUT2D eigenvalue weighted by Gasteiger charge is 2.34. The molecule has 0 amide bonds. The van der Waals surface area contributed by atoms with Crippen molar-refractivity contribution in [2.75, 3.05) is 5.33 Å². The standard InChI is InChI=1S/C21H19F3N2O3S2.2C17H13F3N2OS2.C10H7F3N2OS.C7H8OS.C4H9BrO2/c1-12-10-15(8-9-16(12)29-20(2,3)19(27)28)30-11-17-25-18(26-31-17)13-4-6-14(7-5-13)21(22,23)24;2*1-10-8-13(6-7-14(10)23)24-9-15-21-16(22-25-15)11-2-4-12(5-3-11)17(18,19)20;11-10(12,13)7-3-1-6(2-4-7)9-14-8(5-16)17-15-9;1-5-4-6(9)2-3-7(5)8;1-4(2,3-5)7-6/h4-10H,11H2,1-3H3,(H,27,28);2*2-8,23H,9H2,1H3;1-4,16H,5H2;2-4,8-9H,1H3;6H,3H2,1-2H3. The molecule has 0 spiro atoms. The van der Waals surface area contributed by atoms with Crippen LogP contribution < -0.4 is 4.74 Å². The van der Waals surface area contributed by atoms with E-state index in [1.54, 1.807) is 67.7 Å². The zero-order valence-corrected chi connectivity index (χ0v) is 69.1. The normalized spacial score (nSPS) is 11.6. The predicted octanol–water partition coefficient (Wildman–Crippen LogP) is 23.5. The number of phenolic OH excluding ortho intramolecular Hbond substituents is 3. The molecule has 12 aromatic rings. The smallest absolute Gasteiger partial charge is 0.416 e. The van der Waals surface area contributed by atoms with Gasteiger partial charge in [0, 0.05) is 47.2 Å². The number of aromatic nitrogens is 8. The molecular weight excluding hydrogens is 1730 g/mol. The Hall–Kier alpha value is -8.41. The van der Waals surface area contributed by atoms with E-state index in [0.717, 1.165) is 117 Å². The van der Waals surface area contributed by atoms with Crippen LogP contribution in [-0.4, -0.2) is 90.7 Å². The van der Waals surface area contributed by atoms with Gasteiger partial charge in [-0.2, -0.15) is 70.2 Å². The molecule has 0 aliphatic carbocycles. The lowest BCUT2D eigenvalue weighted by Crippen LogP contribution is -2.38. The first kappa shape index (κ1) is 92.8. The van der Waals surface area contributed by atoms with Crippen LogP contribution in [-0.2, 0) is 58.3 Å². The molecule has 0 unspecified atom stereocenters. The van der Waals surface area contributed by atoms with Crippen molar-refractivity contribution < 1.29 is 97.9 Å². The molecule has 0 aliphatic rings. The summed E-state index contributed by atoms with van der Waals surface area (Å²) in [6, 6.07) is 40.4. The summed E-state index contributed by atoms with van der Waals surface area (Å²) >= 11 is 16.5. The van der Waals surface area contributed by atoms with Gasteiger partial charge in [-0.3, -0.25) is 5.26 Å². The lowest BCUT2D eigenvalue weighted by Gasteiger charge is -2.22. The molecule has 4 heterocycles. The number of phenols is 3. The van der Waals surface area contributed by atoms with E-state index in [2.05, 4.69) is 70.9 Å². The Kier molecular flexibility index (Phi) is 33.7. The summed E-state index contributed by atoms with van der Waals surface area (Å²) in [5.41, 5.74) is 0.825. The number of thioether (sulfide) groups is 3. The largest absolute Gasteiger partial charge is 0.508 e. The number of rotatable bonds is 19. The summed E-state index contributed by atoms with van der Waals surface area (Å²) in [5.74, 6) is 3.60. The number of thiol groups is 1. The Morgan fingerprint density at radius 2 is 0.711 bits per heavy atom. The van der Waals surface area contributed by atoms with E-state index in [1.165, 1.54) is 109 Å². The minimum absolute atomic E-state index is 0.224. The number of ether oxygens (including phenoxy) is 1. The summed E-state index contributed by atoms with van der Waals surface area (Å²) in [6.45, 7) is 13.6. The first-order chi connectivity index (χ1) is 53.4. The van der Waals surface area contributed by atoms with Crippen molar-refractivity contribution in [3.8, 4) is 68.5 Å². The lowest BCUT2D eigenvalue weighted by molar-refractivity contribution is -0.304. The van der Waals surface area contributed by atoms with Gasteiger partial charge in [-0.25, -0.2) is 29.6 Å². The van der Waals surface area contributed by atoms with E-state index in [9.17, 15) is 72.8 Å². The zero-order chi connectivity index (χ0) is 84.1. The first-order valence-electron chi connectivity index (χ1n) is 32.9. The van der Waals surface area contributed by atoms with Crippen molar-refractivity contribution in [2.24, 2.45) is 0 Å². The fourth-order valence-electron chi connectivity index (χ4n) is 8.64. The molecule has 0 bridgehead atoms. The molecule has 0 saturated heterocycles. The van der Waals surface area contributed by atoms with E-state index in [0.29, 0.717) is 84.6 Å². The van der Waals surface area contributed by atoms with Gasteiger partial charge in [-0.05, 0) is 245 Å². The second-order valence-electron chi connectivity index (χ2n) is 25.1. The second-order valence-corrected chi connectivity index (χ2v) is 32.6. The van der Waals surface area contributed by atoms with Gasteiger partial charge in [0.1, 0.15) is 48.6 Å². The van der Waals surface area contributed by atoms with Gasteiger partial charge >= 0.3 is 30.7 Å². The highest BCUT2D eigenvalue weighted by atomic mass is 79.9. The van der Waals surface area contributed by atoms with Crippen molar-refractivity contribution in [3.05, 3.63) is 234 Å². The van der Waals surface area contributed by atoms with Gasteiger partial charge in [0.25, 0.3) is 0 Å². The Labute approximate surface area is 689 Å². The maximum absolute atomic E-state index is 12.7. The molecule has 17 nitrogen and oxygen atoms in total. The molecule has 4 aromatic heterocycles. The van der Waals surface area contributed by atoms with Gasteiger partial charge in [-0.15, -0.1) is 47.9 Å². The minimum Gasteiger partial charge on any atom is -0.508 e. The summed E-state index contributed by atoms with van der Waals surface area (Å²) in [4.78, 5) is 36.3. The van der Waals surface area contributed by atoms with Crippen LogP contribution in [0.25, 0.3) is 45.6 Å². The summed E-state index contributed by atoms with van der Waals surface area (Å²) in [6.07, 6.45) is -17.4. The molecule has 6 N–H and O–H groups in total. The number of carbonyl (C=O) groups is 1. The van der Waals surface area contributed by atoms with Crippen LogP contribution in [0.1, 0.15) is 92.2 Å². The number of alkyl halides is 13. The lowest BCUT2D eigenvalue weighted by atomic mass is 10.1. The quantitative estimate of drug-likeness (QED) is 0.00991. The third-order valence-electron chi connectivity index (χ3n) is 15.1. The number of aryl methyl sites for hydroxylation is 4. The SMILES string of the molecule is CC(C)(CBr)OO.Cc1cc(S)ccc1O.Cc1cc(SCc2nc(-c3ccc(C(F)(F)F)cc3)ns2)ccc1O.Cc1cc(SCc2nc(-c3ccc(C(F)(F)F)cc3)ns2)ccc1O.Cc1cc(SCc2nc(-c3ccc(C(F)(F)F)cc3)ns2)ccc1OC(C)(C)C(=O)O.OCc1nc(-c2ccc(C(F)(F)F)cc2)ns1. The van der Waals surface area contributed by atoms with Crippen LogP contribution in [0.5, 0.6) is 23.0 Å². The highest BCUT2D eigenvalue weighted by Crippen LogP contribution is 2.38. The zero-order valence-electron chi connectivity index (χ0n) is 60.9. The molecule has 0 aliphatic heterocycles. The number of aromatic hydroxyl groups is 3. The molecule has 8 aromatic carbocycles. The third-order valence-corrected chi connectivity index (χ3v) is 23.1. The molecule has 114 heavy (non-hydrogen) atoms. The second kappa shape index (κ2) is 41.4. The van der Waals surface area contributed by atoms with Crippen molar-refractivity contribution >= 4 is 116 Å². The summed E-state index contributed by atoms with van der Waals surface area (Å²) in [7, 11) is 0. The molecule has 0 saturated carbocycles. The monoisotopic (exact) mass is 1800 g/mol. The van der Waals surface area contributed by atoms with E-state index < -0.39 is 64.1 Å². The molecule has 12 rings (SSSR count). The fourth-order valence-corrected chi connectivity index (χ4v) is 14.4. The van der Waals surface area contributed by atoms with Crippen LogP contribution in [0.15, 0.2) is 189 Å². The van der Waals surface area contributed by atoms with Gasteiger partial charge in [0.05, 0.1) is 46.1 Å². The van der Waals surface area contributed by atoms with Crippen LogP contribution in [0.4, 0.5) is 52.7 Å². The van der Waals surface area contributed by atoms with Crippen LogP contribution in [0.3, 0.4) is 0 Å². The maximum atomic E-state index is 12.7. The Morgan fingerprint density at radius 1 is 0.430 bits per heavy atom. The number of aliphatic hydroxyl groups is 1. The number of carboxylic acids is 1. The van der Waals surface area contributed by atoms with Crippen LogP contribution in [0, 0.1) is 27.7 Å². The van der Waals surface area contributed by atoms with Gasteiger partial charge < -0.3 is 30.3 Å². The number of aliphatic carboxylic acids is 1. The molecule has 0 fully saturated rings. The van der Waals surface area contributed by atoms with Crippen molar-refractivity contribution in [1.82, 2.24) is 37.4 Å². The minimum atomic E-state index is -4.38. The molecule has 0 radical (unpaired) electrons. The topological polar surface area (TPSA) is 260 Å². The third kappa shape index (κ3) is 29.1. The number of benzene rings is 8. The average molecular weight is 1800 g/mol. The van der Waals surface area contributed by atoms with E-state index in [-0.39, 0.29) is 18.1 Å². The van der Waals surface area contributed by atoms with Crippen molar-refractivity contribution in [2.45, 2.75) is 135 Å². The number of hydrogen-bond acceptors (Lipinski definition) is 24. The predicted molar refractivity (Wildman–Crippen MR) is 427 cm³/mol. The van der Waals surface area contributed by atoms with Gasteiger partial charge in [0.2, 0.25) is 0 Å². The molecule has 606 valence electrons. The molecule has 38 heteroatoms. The average Bonchev–Trinajstić information content (AvgIpc) is 0.932. The van der Waals surface area contributed by atoms with E-state index in [4.69, 9.17) is 20.2 Å². The first-order valence-corrected chi connectivity index (χ1v) is 40.6. The Balaban J connectivity index is 0.000000200. The number of nitrogens with zero attached hydrogens (tertiary/aromatic N) is 8. The highest BCUT2D eigenvalue weighted by molar-refractivity contribution is 9.09. The van der Waals surface area contributed by atoms with E-state index >= 15 is 0 Å². The van der Waals surface area contributed by atoms with Crippen molar-refractivity contribution in [1.29, 1.82) is 0 Å². The van der Waals surface area contributed by atoms with Gasteiger partial charge in [-0.1, -0.05) is 64.5 Å².